The number of amides is 2. The molecule has 1 atom stereocenters. The molecular formula is C32H32Cl2N2O2. The molecule has 0 aliphatic carbocycles. The molecule has 0 radical (unpaired) electrons. The molecule has 0 aliphatic rings. The third kappa shape index (κ3) is 6.94. The van der Waals surface area contributed by atoms with Crippen molar-refractivity contribution in [3.8, 4) is 0 Å². The first-order chi connectivity index (χ1) is 18.5. The van der Waals surface area contributed by atoms with Crippen LogP contribution in [0.2, 0.25) is 10.0 Å². The van der Waals surface area contributed by atoms with E-state index in [-0.39, 0.29) is 24.8 Å². The fraction of sp³-hybridized carbons (Fsp3) is 0.250. The highest BCUT2D eigenvalue weighted by Gasteiger charge is 2.31. The summed E-state index contributed by atoms with van der Waals surface area (Å²) in [7, 11) is 0. The molecule has 0 heterocycles. The molecule has 0 saturated heterocycles. The van der Waals surface area contributed by atoms with Crippen molar-refractivity contribution in [1.29, 1.82) is 0 Å². The van der Waals surface area contributed by atoms with E-state index < -0.39 is 6.04 Å². The van der Waals surface area contributed by atoms with Crippen LogP contribution in [0.25, 0.3) is 10.8 Å². The van der Waals surface area contributed by atoms with Crippen molar-refractivity contribution in [1.82, 2.24) is 10.2 Å². The third-order valence-corrected chi connectivity index (χ3v) is 7.41. The van der Waals surface area contributed by atoms with Crippen LogP contribution in [-0.4, -0.2) is 29.3 Å². The Morgan fingerprint density at radius 1 is 0.842 bits per heavy atom. The van der Waals surface area contributed by atoms with Crippen molar-refractivity contribution in [2.24, 2.45) is 0 Å². The highest BCUT2D eigenvalue weighted by atomic mass is 35.5. The lowest BCUT2D eigenvalue weighted by Crippen LogP contribution is -2.50. The quantitative estimate of drug-likeness (QED) is 0.215. The van der Waals surface area contributed by atoms with Gasteiger partial charge < -0.3 is 10.2 Å². The molecule has 0 saturated carbocycles. The monoisotopic (exact) mass is 546 g/mol. The SMILES string of the molecule is CCCNC(=O)C(Cc1ccccc1)N(Cc1c(Cl)cccc1Cl)C(=O)CCc1cccc2ccccc12. The van der Waals surface area contributed by atoms with Gasteiger partial charge in [-0.2, -0.15) is 0 Å². The van der Waals surface area contributed by atoms with Crippen LogP contribution >= 0.6 is 23.2 Å². The maximum atomic E-state index is 13.9. The van der Waals surface area contributed by atoms with Crippen LogP contribution < -0.4 is 5.32 Å². The number of fused-ring (bicyclic) bond motifs is 1. The molecule has 4 rings (SSSR count). The van der Waals surface area contributed by atoms with Gasteiger partial charge >= 0.3 is 0 Å². The van der Waals surface area contributed by atoms with Gasteiger partial charge in [0.25, 0.3) is 0 Å². The average Bonchev–Trinajstić information content (AvgIpc) is 2.94. The van der Waals surface area contributed by atoms with Gasteiger partial charge in [0.1, 0.15) is 6.04 Å². The maximum Gasteiger partial charge on any atom is 0.243 e. The summed E-state index contributed by atoms with van der Waals surface area (Å²) in [4.78, 5) is 29.1. The number of rotatable bonds is 11. The van der Waals surface area contributed by atoms with Gasteiger partial charge in [-0.25, -0.2) is 0 Å². The van der Waals surface area contributed by atoms with Crippen LogP contribution in [0.4, 0.5) is 0 Å². The summed E-state index contributed by atoms with van der Waals surface area (Å²) in [5, 5.41) is 6.21. The Hall–Kier alpha value is -3.34. The molecule has 4 aromatic rings. The third-order valence-electron chi connectivity index (χ3n) is 6.70. The predicted molar refractivity (Wildman–Crippen MR) is 157 cm³/mol. The van der Waals surface area contributed by atoms with Gasteiger partial charge in [0.05, 0.1) is 0 Å². The highest BCUT2D eigenvalue weighted by Crippen LogP contribution is 2.28. The minimum atomic E-state index is -0.712. The van der Waals surface area contributed by atoms with Crippen molar-refractivity contribution >= 4 is 45.8 Å². The Bertz CT molecular complexity index is 1370. The number of aryl methyl sites for hydroxylation is 1. The first kappa shape index (κ1) is 27.7. The molecule has 196 valence electrons. The summed E-state index contributed by atoms with van der Waals surface area (Å²) in [6.07, 6.45) is 2.00. The second-order valence-corrected chi connectivity index (χ2v) is 10.2. The molecule has 0 aliphatic heterocycles. The topological polar surface area (TPSA) is 49.4 Å². The molecule has 0 bridgehead atoms. The van der Waals surface area contributed by atoms with Crippen molar-refractivity contribution in [3.05, 3.63) is 118 Å². The Labute approximate surface area is 234 Å². The molecule has 1 N–H and O–H groups in total. The molecule has 2 amide bonds. The van der Waals surface area contributed by atoms with Gasteiger partial charge in [0.15, 0.2) is 0 Å². The fourth-order valence-electron chi connectivity index (χ4n) is 4.67. The minimum absolute atomic E-state index is 0.124. The van der Waals surface area contributed by atoms with E-state index in [9.17, 15) is 9.59 Å². The number of nitrogens with zero attached hydrogens (tertiary/aromatic N) is 1. The van der Waals surface area contributed by atoms with Crippen LogP contribution in [0, 0.1) is 0 Å². The largest absolute Gasteiger partial charge is 0.354 e. The molecule has 6 heteroatoms. The Balaban J connectivity index is 1.67. The lowest BCUT2D eigenvalue weighted by molar-refractivity contribution is -0.141. The van der Waals surface area contributed by atoms with E-state index in [0.29, 0.717) is 35.0 Å². The zero-order chi connectivity index (χ0) is 26.9. The van der Waals surface area contributed by atoms with Gasteiger partial charge in [-0.1, -0.05) is 109 Å². The summed E-state index contributed by atoms with van der Waals surface area (Å²) in [6.45, 7) is 2.68. The number of benzene rings is 4. The summed E-state index contributed by atoms with van der Waals surface area (Å²) in [5.41, 5.74) is 2.71. The summed E-state index contributed by atoms with van der Waals surface area (Å²) < 4.78 is 0. The normalized spacial score (nSPS) is 11.8. The van der Waals surface area contributed by atoms with Gasteiger partial charge in [-0.3, -0.25) is 9.59 Å². The smallest absolute Gasteiger partial charge is 0.243 e. The Morgan fingerprint density at radius 3 is 2.24 bits per heavy atom. The van der Waals surface area contributed by atoms with Gasteiger partial charge in [0, 0.05) is 41.5 Å². The molecular weight excluding hydrogens is 515 g/mol. The molecule has 4 nitrogen and oxygen atoms in total. The molecule has 1 unspecified atom stereocenters. The summed E-state index contributed by atoms with van der Waals surface area (Å²) in [5.74, 6) is -0.307. The van der Waals surface area contributed by atoms with E-state index in [4.69, 9.17) is 23.2 Å². The van der Waals surface area contributed by atoms with Crippen molar-refractivity contribution in [2.75, 3.05) is 6.54 Å². The molecule has 0 fully saturated rings. The first-order valence-corrected chi connectivity index (χ1v) is 13.7. The Kier molecular flexibility index (Phi) is 9.80. The first-order valence-electron chi connectivity index (χ1n) is 13.0. The van der Waals surface area contributed by atoms with Crippen LogP contribution in [-0.2, 0) is 29.0 Å². The van der Waals surface area contributed by atoms with Gasteiger partial charge in [-0.05, 0) is 46.9 Å². The van der Waals surface area contributed by atoms with Crippen LogP contribution in [0.3, 0.4) is 0 Å². The lowest BCUT2D eigenvalue weighted by atomic mass is 9.99. The number of carbonyl (C=O) groups excluding carboxylic acids is 2. The molecule has 38 heavy (non-hydrogen) atoms. The standard InChI is InChI=1S/C32H32Cl2N2O2/c1-2-20-35-32(38)30(21-23-10-4-3-5-11-23)36(22-27-28(33)16-9-17-29(27)34)31(37)19-18-25-14-8-13-24-12-6-7-15-26(24)25/h3-17,30H,2,18-22H2,1H3,(H,35,38). The minimum Gasteiger partial charge on any atom is -0.354 e. The number of hydrogen-bond donors (Lipinski definition) is 1. The fourth-order valence-corrected chi connectivity index (χ4v) is 5.19. The number of carbonyl (C=O) groups is 2. The van der Waals surface area contributed by atoms with E-state index in [0.717, 1.165) is 28.3 Å². The van der Waals surface area contributed by atoms with E-state index in [2.05, 4.69) is 29.6 Å². The zero-order valence-electron chi connectivity index (χ0n) is 21.5. The lowest BCUT2D eigenvalue weighted by Gasteiger charge is -2.32. The molecule has 0 aromatic heterocycles. The van der Waals surface area contributed by atoms with Crippen LogP contribution in [0.5, 0.6) is 0 Å². The van der Waals surface area contributed by atoms with Crippen molar-refractivity contribution in [3.63, 3.8) is 0 Å². The number of hydrogen-bond acceptors (Lipinski definition) is 2. The van der Waals surface area contributed by atoms with E-state index in [1.165, 1.54) is 0 Å². The zero-order valence-corrected chi connectivity index (χ0v) is 23.0. The molecule has 4 aromatic carbocycles. The molecule has 0 spiro atoms. The Morgan fingerprint density at radius 2 is 1.50 bits per heavy atom. The van der Waals surface area contributed by atoms with E-state index in [1.807, 2.05) is 55.5 Å². The summed E-state index contributed by atoms with van der Waals surface area (Å²) >= 11 is 13.0. The van der Waals surface area contributed by atoms with Crippen LogP contribution in [0.1, 0.15) is 36.5 Å². The van der Waals surface area contributed by atoms with Crippen LogP contribution in [0.15, 0.2) is 91.0 Å². The average molecular weight is 548 g/mol. The predicted octanol–water partition coefficient (Wildman–Crippen LogP) is 7.25. The van der Waals surface area contributed by atoms with E-state index >= 15 is 0 Å². The maximum absolute atomic E-state index is 13.9. The summed E-state index contributed by atoms with van der Waals surface area (Å²) in [6, 6.07) is 28.6. The van der Waals surface area contributed by atoms with Gasteiger partial charge in [0.2, 0.25) is 11.8 Å². The highest BCUT2D eigenvalue weighted by molar-refractivity contribution is 6.36. The van der Waals surface area contributed by atoms with Crippen molar-refractivity contribution in [2.45, 2.75) is 45.2 Å². The van der Waals surface area contributed by atoms with Gasteiger partial charge in [-0.15, -0.1) is 0 Å². The van der Waals surface area contributed by atoms with Crippen molar-refractivity contribution < 1.29 is 9.59 Å². The van der Waals surface area contributed by atoms with E-state index in [1.54, 1.807) is 23.1 Å². The second-order valence-electron chi connectivity index (χ2n) is 9.36. The second kappa shape index (κ2) is 13.5. The number of halogens is 2. The number of nitrogens with one attached hydrogen (secondary N) is 1.